The van der Waals surface area contributed by atoms with E-state index in [1.165, 1.54) is 21.4 Å². The van der Waals surface area contributed by atoms with Crippen molar-refractivity contribution in [1.29, 1.82) is 0 Å². The van der Waals surface area contributed by atoms with Crippen LogP contribution in [0.5, 0.6) is 0 Å². The maximum atomic E-state index is 14.3. The van der Waals surface area contributed by atoms with Crippen molar-refractivity contribution in [3.05, 3.63) is 46.8 Å². The first-order valence-corrected chi connectivity index (χ1v) is 8.33. The number of halogens is 1. The standard InChI is InChI=1S/C16H15FN4O3S/c1-3-24-13(22)9-21-14-10(17)5-4-6-12(14)25-16(21)18-15(23)11-7-8-20(2)19-11/h4-8H,3,9H2,1-2H3. The molecule has 2 aromatic heterocycles. The van der Waals surface area contributed by atoms with Gasteiger partial charge in [0.05, 0.1) is 16.8 Å². The Bertz CT molecular complexity index is 1020. The second-order valence-electron chi connectivity index (χ2n) is 5.15. The average molecular weight is 362 g/mol. The number of aryl methyl sites for hydroxylation is 1. The summed E-state index contributed by atoms with van der Waals surface area (Å²) in [6.45, 7) is 1.66. The molecule has 7 nitrogen and oxygen atoms in total. The van der Waals surface area contributed by atoms with Crippen LogP contribution in [0.15, 0.2) is 35.5 Å². The number of nitrogens with zero attached hydrogens (tertiary/aromatic N) is 4. The smallest absolute Gasteiger partial charge is 0.326 e. The molecule has 0 saturated carbocycles. The second kappa shape index (κ2) is 6.98. The van der Waals surface area contributed by atoms with E-state index < -0.39 is 17.7 Å². The minimum atomic E-state index is -0.565. The molecule has 1 amide bonds. The number of fused-ring (bicyclic) bond motifs is 1. The number of ether oxygens (including phenoxy) is 1. The van der Waals surface area contributed by atoms with Gasteiger partial charge in [0.2, 0.25) is 0 Å². The highest BCUT2D eigenvalue weighted by molar-refractivity contribution is 7.16. The lowest BCUT2D eigenvalue weighted by Gasteiger charge is -2.05. The molecule has 0 spiro atoms. The van der Waals surface area contributed by atoms with Gasteiger partial charge in [0.25, 0.3) is 5.91 Å². The molecule has 0 atom stereocenters. The van der Waals surface area contributed by atoms with E-state index in [2.05, 4.69) is 10.1 Å². The number of para-hydroxylation sites is 1. The Balaban J connectivity index is 2.13. The van der Waals surface area contributed by atoms with Crippen LogP contribution in [0.3, 0.4) is 0 Å². The van der Waals surface area contributed by atoms with Gasteiger partial charge in [0, 0.05) is 13.2 Å². The monoisotopic (exact) mass is 362 g/mol. The summed E-state index contributed by atoms with van der Waals surface area (Å²) in [6, 6.07) is 6.10. The SMILES string of the molecule is CCOC(=O)Cn1c(=NC(=O)c2ccn(C)n2)sc2cccc(F)c21. The topological polar surface area (TPSA) is 78.5 Å². The molecule has 0 fully saturated rings. The lowest BCUT2D eigenvalue weighted by atomic mass is 10.3. The molecule has 0 bridgehead atoms. The molecule has 0 aliphatic heterocycles. The van der Waals surface area contributed by atoms with Gasteiger partial charge in [-0.25, -0.2) is 4.39 Å². The predicted octanol–water partition coefficient (Wildman–Crippen LogP) is 1.88. The van der Waals surface area contributed by atoms with Crippen LogP contribution in [0.1, 0.15) is 17.4 Å². The highest BCUT2D eigenvalue weighted by Crippen LogP contribution is 2.20. The van der Waals surface area contributed by atoms with E-state index in [1.807, 2.05) is 0 Å². The van der Waals surface area contributed by atoms with Gasteiger partial charge < -0.3 is 9.30 Å². The molecule has 0 saturated heterocycles. The van der Waals surface area contributed by atoms with Crippen LogP contribution >= 0.6 is 11.3 Å². The zero-order valence-electron chi connectivity index (χ0n) is 13.6. The summed E-state index contributed by atoms with van der Waals surface area (Å²) in [7, 11) is 1.69. The summed E-state index contributed by atoms with van der Waals surface area (Å²) in [6.07, 6.45) is 1.63. The lowest BCUT2D eigenvalue weighted by molar-refractivity contribution is -0.143. The van der Waals surface area contributed by atoms with E-state index in [0.29, 0.717) is 4.70 Å². The highest BCUT2D eigenvalue weighted by atomic mass is 32.1. The van der Waals surface area contributed by atoms with E-state index in [4.69, 9.17) is 4.74 Å². The molecule has 0 N–H and O–H groups in total. The Morgan fingerprint density at radius 1 is 1.36 bits per heavy atom. The van der Waals surface area contributed by atoms with Crippen molar-refractivity contribution in [1.82, 2.24) is 14.3 Å². The number of esters is 1. The molecule has 3 rings (SSSR count). The summed E-state index contributed by atoms with van der Waals surface area (Å²) in [4.78, 5) is 28.4. The molecule has 0 radical (unpaired) electrons. The first kappa shape index (κ1) is 17.0. The summed E-state index contributed by atoms with van der Waals surface area (Å²) in [5.41, 5.74) is 0.385. The van der Waals surface area contributed by atoms with Crippen molar-refractivity contribution in [2.24, 2.45) is 12.0 Å². The van der Waals surface area contributed by atoms with Crippen LogP contribution in [0.2, 0.25) is 0 Å². The number of carbonyl (C=O) groups excluding carboxylic acids is 2. The number of benzene rings is 1. The summed E-state index contributed by atoms with van der Waals surface area (Å²) >= 11 is 1.12. The van der Waals surface area contributed by atoms with Crippen LogP contribution in [0, 0.1) is 5.82 Å². The van der Waals surface area contributed by atoms with Crippen LogP contribution < -0.4 is 4.80 Å². The molecule has 3 aromatic rings. The molecular formula is C16H15FN4O3S. The fourth-order valence-corrected chi connectivity index (χ4v) is 3.37. The van der Waals surface area contributed by atoms with Gasteiger partial charge >= 0.3 is 5.97 Å². The number of hydrogen-bond donors (Lipinski definition) is 0. The molecule has 130 valence electrons. The van der Waals surface area contributed by atoms with Crippen molar-refractivity contribution in [3.8, 4) is 0 Å². The Labute approximate surface area is 146 Å². The van der Waals surface area contributed by atoms with Gasteiger partial charge in [-0.15, -0.1) is 0 Å². The van der Waals surface area contributed by atoms with E-state index in [-0.39, 0.29) is 29.2 Å². The van der Waals surface area contributed by atoms with Gasteiger partial charge in [-0.1, -0.05) is 17.4 Å². The van der Waals surface area contributed by atoms with Crippen LogP contribution in [-0.4, -0.2) is 32.8 Å². The van der Waals surface area contributed by atoms with E-state index in [0.717, 1.165) is 11.3 Å². The Hall–Kier alpha value is -2.81. The first-order valence-electron chi connectivity index (χ1n) is 7.51. The molecule has 2 heterocycles. The fourth-order valence-electron chi connectivity index (χ4n) is 2.33. The van der Waals surface area contributed by atoms with E-state index in [1.54, 1.807) is 32.3 Å². The molecule has 0 unspecified atom stereocenters. The molecule has 9 heteroatoms. The minimum absolute atomic E-state index is 0.170. The third-order valence-electron chi connectivity index (χ3n) is 3.37. The number of thiazole rings is 1. The third kappa shape index (κ3) is 3.50. The number of carbonyl (C=O) groups is 2. The van der Waals surface area contributed by atoms with Crippen molar-refractivity contribution >= 4 is 33.4 Å². The van der Waals surface area contributed by atoms with E-state index in [9.17, 15) is 14.0 Å². The summed E-state index contributed by atoms with van der Waals surface area (Å²) in [5.74, 6) is -1.59. The van der Waals surface area contributed by atoms with Crippen LogP contribution in [-0.2, 0) is 23.1 Å². The lowest BCUT2D eigenvalue weighted by Crippen LogP contribution is -2.23. The van der Waals surface area contributed by atoms with Crippen molar-refractivity contribution in [2.45, 2.75) is 13.5 Å². The maximum Gasteiger partial charge on any atom is 0.326 e. The number of amides is 1. The van der Waals surface area contributed by atoms with Gasteiger partial charge in [0.1, 0.15) is 12.4 Å². The van der Waals surface area contributed by atoms with Gasteiger partial charge in [0.15, 0.2) is 10.5 Å². The Kier molecular flexibility index (Phi) is 4.75. The van der Waals surface area contributed by atoms with E-state index >= 15 is 0 Å². The van der Waals surface area contributed by atoms with Gasteiger partial charge in [-0.05, 0) is 25.1 Å². The molecule has 1 aromatic carbocycles. The Morgan fingerprint density at radius 3 is 2.84 bits per heavy atom. The maximum absolute atomic E-state index is 14.3. The average Bonchev–Trinajstić information content (AvgIpc) is 3.13. The van der Waals surface area contributed by atoms with Crippen LogP contribution in [0.4, 0.5) is 4.39 Å². The zero-order valence-corrected chi connectivity index (χ0v) is 14.4. The van der Waals surface area contributed by atoms with Gasteiger partial charge in [-0.2, -0.15) is 10.1 Å². The molecule has 0 aliphatic rings. The minimum Gasteiger partial charge on any atom is -0.465 e. The normalized spacial score (nSPS) is 11.9. The number of aromatic nitrogens is 3. The predicted molar refractivity (Wildman–Crippen MR) is 89.5 cm³/mol. The van der Waals surface area contributed by atoms with Crippen molar-refractivity contribution in [2.75, 3.05) is 6.61 Å². The van der Waals surface area contributed by atoms with Gasteiger partial charge in [-0.3, -0.25) is 14.3 Å². The molecule has 0 aliphatic carbocycles. The quantitative estimate of drug-likeness (QED) is 0.664. The number of rotatable bonds is 4. The van der Waals surface area contributed by atoms with Crippen molar-refractivity contribution < 1.29 is 18.7 Å². The second-order valence-corrected chi connectivity index (χ2v) is 6.16. The number of hydrogen-bond acceptors (Lipinski definition) is 5. The zero-order chi connectivity index (χ0) is 18.0. The third-order valence-corrected chi connectivity index (χ3v) is 4.42. The fraction of sp³-hybridized carbons (Fsp3) is 0.250. The molecule has 25 heavy (non-hydrogen) atoms. The Morgan fingerprint density at radius 2 is 2.16 bits per heavy atom. The largest absolute Gasteiger partial charge is 0.465 e. The highest BCUT2D eigenvalue weighted by Gasteiger charge is 2.16. The first-order chi connectivity index (χ1) is 12.0. The van der Waals surface area contributed by atoms with Crippen LogP contribution in [0.25, 0.3) is 10.2 Å². The summed E-state index contributed by atoms with van der Waals surface area (Å²) in [5, 5.41) is 4.00. The molecular weight excluding hydrogens is 347 g/mol. The van der Waals surface area contributed by atoms with Crippen molar-refractivity contribution in [3.63, 3.8) is 0 Å². The summed E-state index contributed by atoms with van der Waals surface area (Å²) < 4.78 is 22.6.